The number of nitrogens with one attached hydrogen (secondary N) is 2. The molecule has 0 spiro atoms. The Balaban J connectivity index is 0.00000288. The predicted molar refractivity (Wildman–Crippen MR) is 101 cm³/mol. The minimum Gasteiger partial charge on any atom is -0.384 e. The van der Waals surface area contributed by atoms with Gasteiger partial charge in [-0.25, -0.2) is 0 Å². The second kappa shape index (κ2) is 9.04. The maximum absolute atomic E-state index is 12.7. The van der Waals surface area contributed by atoms with Gasteiger partial charge in [0.2, 0.25) is 5.91 Å². The molecule has 0 radical (unpaired) electrons. The molecule has 2 N–H and O–H groups in total. The van der Waals surface area contributed by atoms with Crippen LogP contribution in [-0.2, 0) is 14.9 Å². The molecule has 0 aliphatic carbocycles. The summed E-state index contributed by atoms with van der Waals surface area (Å²) in [5.41, 5.74) is 0.405. The standard InChI is InChI=1S/C18H27ClN2O2.ClH/c1-17(2,14-4-6-15(19)7-5-14)16(22)21-12-18(13-23-3)8-10-20-11-9-18;/h4-7,20H,8-13H2,1-3H3,(H,21,22);1H. The van der Waals surface area contributed by atoms with Gasteiger partial charge in [0.05, 0.1) is 12.0 Å². The normalized spacial score (nSPS) is 17.0. The molecule has 0 atom stereocenters. The van der Waals surface area contributed by atoms with Crippen LogP contribution in [0, 0.1) is 5.41 Å². The summed E-state index contributed by atoms with van der Waals surface area (Å²) >= 11 is 5.94. The lowest BCUT2D eigenvalue weighted by atomic mass is 9.78. The molecule has 1 aromatic rings. The first-order chi connectivity index (χ1) is 10.9. The molecule has 1 aliphatic heterocycles. The Labute approximate surface area is 156 Å². The van der Waals surface area contributed by atoms with Crippen LogP contribution in [0.1, 0.15) is 32.3 Å². The summed E-state index contributed by atoms with van der Waals surface area (Å²) < 4.78 is 5.41. The fraction of sp³-hybridized carbons (Fsp3) is 0.611. The number of amides is 1. The van der Waals surface area contributed by atoms with Gasteiger partial charge in [-0.15, -0.1) is 12.4 Å². The predicted octanol–water partition coefficient (Wildman–Crippen LogP) is 3.17. The highest BCUT2D eigenvalue weighted by atomic mass is 35.5. The molecule has 1 heterocycles. The van der Waals surface area contributed by atoms with Crippen LogP contribution in [0.5, 0.6) is 0 Å². The molecule has 2 rings (SSSR count). The van der Waals surface area contributed by atoms with E-state index in [4.69, 9.17) is 16.3 Å². The highest BCUT2D eigenvalue weighted by Gasteiger charge is 2.35. The van der Waals surface area contributed by atoms with Crippen LogP contribution in [0.3, 0.4) is 0 Å². The molecule has 136 valence electrons. The first-order valence-corrected chi connectivity index (χ1v) is 8.51. The van der Waals surface area contributed by atoms with Crippen LogP contribution < -0.4 is 10.6 Å². The molecule has 4 nitrogen and oxygen atoms in total. The Hall–Kier alpha value is -0.810. The van der Waals surface area contributed by atoms with Gasteiger partial charge in [0, 0.05) is 24.1 Å². The van der Waals surface area contributed by atoms with E-state index in [0.29, 0.717) is 18.2 Å². The molecule has 0 unspecified atom stereocenters. The number of piperidine rings is 1. The SMILES string of the molecule is COCC1(CNC(=O)C(C)(C)c2ccc(Cl)cc2)CCNCC1.Cl. The summed E-state index contributed by atoms with van der Waals surface area (Å²) in [6, 6.07) is 7.48. The van der Waals surface area contributed by atoms with E-state index in [1.165, 1.54) is 0 Å². The van der Waals surface area contributed by atoms with Crippen molar-refractivity contribution in [2.75, 3.05) is 33.4 Å². The van der Waals surface area contributed by atoms with Crippen molar-refractivity contribution in [2.45, 2.75) is 32.1 Å². The molecule has 0 bridgehead atoms. The van der Waals surface area contributed by atoms with Crippen molar-refractivity contribution in [1.82, 2.24) is 10.6 Å². The Morgan fingerprint density at radius 1 is 1.29 bits per heavy atom. The number of ether oxygens (including phenoxy) is 1. The maximum atomic E-state index is 12.7. The van der Waals surface area contributed by atoms with E-state index in [1.807, 2.05) is 38.1 Å². The van der Waals surface area contributed by atoms with Gasteiger partial charge in [0.1, 0.15) is 0 Å². The van der Waals surface area contributed by atoms with Gasteiger partial charge < -0.3 is 15.4 Å². The summed E-state index contributed by atoms with van der Waals surface area (Å²) in [4.78, 5) is 12.7. The highest BCUT2D eigenvalue weighted by Crippen LogP contribution is 2.30. The Morgan fingerprint density at radius 2 is 1.88 bits per heavy atom. The summed E-state index contributed by atoms with van der Waals surface area (Å²) in [6.07, 6.45) is 2.03. The fourth-order valence-electron chi connectivity index (χ4n) is 3.12. The Kier molecular flexibility index (Phi) is 8.00. The fourth-order valence-corrected chi connectivity index (χ4v) is 3.25. The van der Waals surface area contributed by atoms with Crippen LogP contribution in [0.15, 0.2) is 24.3 Å². The summed E-state index contributed by atoms with van der Waals surface area (Å²) in [7, 11) is 1.73. The van der Waals surface area contributed by atoms with Crippen molar-refractivity contribution in [3.8, 4) is 0 Å². The molecule has 1 aromatic carbocycles. The third-order valence-electron chi connectivity index (χ3n) is 4.87. The summed E-state index contributed by atoms with van der Waals surface area (Å²) in [6.45, 7) is 7.16. The van der Waals surface area contributed by atoms with Gasteiger partial charge in [-0.3, -0.25) is 4.79 Å². The molecular weight excluding hydrogens is 347 g/mol. The van der Waals surface area contributed by atoms with Crippen LogP contribution >= 0.6 is 24.0 Å². The third kappa shape index (κ3) is 5.09. The molecule has 1 saturated heterocycles. The monoisotopic (exact) mass is 374 g/mol. The molecule has 1 fully saturated rings. The lowest BCUT2D eigenvalue weighted by Crippen LogP contribution is -2.50. The smallest absolute Gasteiger partial charge is 0.230 e. The minimum absolute atomic E-state index is 0. The zero-order valence-corrected chi connectivity index (χ0v) is 16.2. The largest absolute Gasteiger partial charge is 0.384 e. The van der Waals surface area contributed by atoms with Crippen LogP contribution in [0.2, 0.25) is 5.02 Å². The number of hydrogen-bond donors (Lipinski definition) is 2. The van der Waals surface area contributed by atoms with E-state index in [9.17, 15) is 4.79 Å². The van der Waals surface area contributed by atoms with E-state index in [-0.39, 0.29) is 23.7 Å². The Morgan fingerprint density at radius 3 is 2.42 bits per heavy atom. The number of benzene rings is 1. The number of rotatable bonds is 6. The van der Waals surface area contributed by atoms with E-state index >= 15 is 0 Å². The molecule has 6 heteroatoms. The zero-order valence-electron chi connectivity index (χ0n) is 14.7. The second-order valence-electron chi connectivity index (χ2n) is 7.00. The molecule has 24 heavy (non-hydrogen) atoms. The van der Waals surface area contributed by atoms with E-state index < -0.39 is 5.41 Å². The first-order valence-electron chi connectivity index (χ1n) is 8.14. The van der Waals surface area contributed by atoms with Gasteiger partial charge in [-0.1, -0.05) is 23.7 Å². The van der Waals surface area contributed by atoms with Crippen molar-refractivity contribution >= 4 is 29.9 Å². The lowest BCUT2D eigenvalue weighted by molar-refractivity contribution is -0.126. The zero-order chi connectivity index (χ0) is 16.9. The van der Waals surface area contributed by atoms with Crippen molar-refractivity contribution in [2.24, 2.45) is 5.41 Å². The van der Waals surface area contributed by atoms with Gasteiger partial charge in [-0.2, -0.15) is 0 Å². The number of halogens is 2. The molecule has 0 saturated carbocycles. The van der Waals surface area contributed by atoms with Crippen LogP contribution in [-0.4, -0.2) is 39.3 Å². The topological polar surface area (TPSA) is 50.4 Å². The molecule has 1 aliphatic rings. The molecule has 0 aromatic heterocycles. The van der Waals surface area contributed by atoms with Gasteiger partial charge in [-0.05, 0) is 57.5 Å². The number of carbonyl (C=O) groups excluding carboxylic acids is 1. The van der Waals surface area contributed by atoms with E-state index in [2.05, 4.69) is 10.6 Å². The quantitative estimate of drug-likeness (QED) is 0.803. The molecular formula is C18H28Cl2N2O2. The van der Waals surface area contributed by atoms with E-state index in [0.717, 1.165) is 31.5 Å². The first kappa shape index (κ1) is 21.2. The second-order valence-corrected chi connectivity index (χ2v) is 7.43. The average molecular weight is 375 g/mol. The minimum atomic E-state index is -0.592. The van der Waals surface area contributed by atoms with Gasteiger partial charge in [0.25, 0.3) is 0 Å². The highest BCUT2D eigenvalue weighted by molar-refractivity contribution is 6.30. The van der Waals surface area contributed by atoms with E-state index in [1.54, 1.807) is 7.11 Å². The number of hydrogen-bond acceptors (Lipinski definition) is 3. The average Bonchev–Trinajstić information content (AvgIpc) is 2.54. The number of methoxy groups -OCH3 is 1. The van der Waals surface area contributed by atoms with Crippen LogP contribution in [0.25, 0.3) is 0 Å². The van der Waals surface area contributed by atoms with Crippen LogP contribution in [0.4, 0.5) is 0 Å². The summed E-state index contributed by atoms with van der Waals surface area (Å²) in [5, 5.41) is 7.20. The third-order valence-corrected chi connectivity index (χ3v) is 5.12. The van der Waals surface area contributed by atoms with Crippen molar-refractivity contribution < 1.29 is 9.53 Å². The van der Waals surface area contributed by atoms with Crippen molar-refractivity contribution in [1.29, 1.82) is 0 Å². The lowest BCUT2D eigenvalue weighted by Gasteiger charge is -2.38. The number of carbonyl (C=O) groups is 1. The van der Waals surface area contributed by atoms with Gasteiger partial charge >= 0.3 is 0 Å². The maximum Gasteiger partial charge on any atom is 0.230 e. The summed E-state index contributed by atoms with van der Waals surface area (Å²) in [5.74, 6) is 0.0360. The van der Waals surface area contributed by atoms with Crippen molar-refractivity contribution in [3.05, 3.63) is 34.9 Å². The van der Waals surface area contributed by atoms with Gasteiger partial charge in [0.15, 0.2) is 0 Å². The Bertz CT molecular complexity index is 521. The molecule has 1 amide bonds. The van der Waals surface area contributed by atoms with Crippen molar-refractivity contribution in [3.63, 3.8) is 0 Å².